The summed E-state index contributed by atoms with van der Waals surface area (Å²) in [6.45, 7) is 3.34. The van der Waals surface area contributed by atoms with Crippen LogP contribution in [0.15, 0.2) is 52.4 Å². The molecule has 8 heteroatoms. The van der Waals surface area contributed by atoms with E-state index in [1.165, 1.54) is 0 Å². The number of para-hydroxylation sites is 1. The van der Waals surface area contributed by atoms with E-state index in [2.05, 4.69) is 15.2 Å². The number of fused-ring (bicyclic) bond motifs is 1. The molecule has 0 aliphatic carbocycles. The molecule has 7 nitrogen and oxygen atoms in total. The fraction of sp³-hybridized carbons (Fsp3) is 0.286. The van der Waals surface area contributed by atoms with Crippen LogP contribution in [0.1, 0.15) is 23.2 Å². The van der Waals surface area contributed by atoms with Gasteiger partial charge in [-0.3, -0.25) is 9.69 Å². The van der Waals surface area contributed by atoms with Crippen molar-refractivity contribution in [3.8, 4) is 10.8 Å². The molecule has 150 valence electrons. The van der Waals surface area contributed by atoms with Gasteiger partial charge in [0, 0.05) is 36.3 Å². The molecule has 4 aromatic rings. The lowest BCUT2D eigenvalue weighted by Gasteiger charge is -2.26. The summed E-state index contributed by atoms with van der Waals surface area (Å²) in [5, 5.41) is 11.2. The van der Waals surface area contributed by atoms with Gasteiger partial charge in [0.1, 0.15) is 0 Å². The lowest BCUT2D eigenvalue weighted by atomic mass is 10.0. The summed E-state index contributed by atoms with van der Waals surface area (Å²) >= 11 is 1.55. The number of aromatic nitrogens is 3. The van der Waals surface area contributed by atoms with Gasteiger partial charge in [0.05, 0.1) is 24.1 Å². The van der Waals surface area contributed by atoms with Gasteiger partial charge in [-0.1, -0.05) is 24.3 Å². The van der Waals surface area contributed by atoms with Crippen molar-refractivity contribution in [2.45, 2.75) is 19.5 Å². The number of hydrogen-bond acceptors (Lipinski definition) is 7. The number of carbonyl (C=O) groups excluding carboxylic acids is 1. The van der Waals surface area contributed by atoms with Crippen molar-refractivity contribution in [2.75, 3.05) is 20.3 Å². The van der Waals surface area contributed by atoms with Crippen LogP contribution in [-0.2, 0) is 11.3 Å². The molecule has 0 bridgehead atoms. The molecule has 0 saturated heterocycles. The highest BCUT2D eigenvalue weighted by atomic mass is 32.1. The molecule has 0 amide bonds. The maximum atomic E-state index is 13.2. The third-order valence-electron chi connectivity index (χ3n) is 4.90. The third kappa shape index (κ3) is 4.14. The molecule has 1 N–H and O–H groups in total. The van der Waals surface area contributed by atoms with Crippen LogP contribution < -0.4 is 0 Å². The molecule has 3 heterocycles. The number of ketones is 1. The van der Waals surface area contributed by atoms with Crippen LogP contribution in [0.3, 0.4) is 0 Å². The molecule has 1 atom stereocenters. The molecule has 0 unspecified atom stereocenters. The van der Waals surface area contributed by atoms with Crippen LogP contribution >= 0.6 is 11.3 Å². The standard InChI is InChI=1S/C21H22N4O3S/c1-14(20(26)16-12-22-17-7-4-3-6-15(16)17)25(9-10-27-2)13-19-23-24-21(28-19)18-8-5-11-29-18/h3-8,11-12,14,22H,9-10,13H2,1-2H3/t14-/m1/s1. The van der Waals surface area contributed by atoms with Crippen molar-refractivity contribution in [1.29, 1.82) is 0 Å². The van der Waals surface area contributed by atoms with E-state index in [9.17, 15) is 4.79 Å². The zero-order valence-corrected chi connectivity index (χ0v) is 17.1. The number of Topliss-reactive ketones (excluding diaryl/α,β-unsaturated/α-hetero) is 1. The van der Waals surface area contributed by atoms with E-state index in [1.807, 2.05) is 53.6 Å². The van der Waals surface area contributed by atoms with Crippen LogP contribution in [-0.4, -0.2) is 52.2 Å². The molecule has 0 aliphatic heterocycles. The summed E-state index contributed by atoms with van der Waals surface area (Å²) in [5.74, 6) is 1.01. The zero-order chi connectivity index (χ0) is 20.2. The molecule has 29 heavy (non-hydrogen) atoms. The normalized spacial score (nSPS) is 12.7. The van der Waals surface area contributed by atoms with E-state index in [0.29, 0.717) is 37.0 Å². The summed E-state index contributed by atoms with van der Waals surface area (Å²) in [4.78, 5) is 19.3. The SMILES string of the molecule is COCCN(Cc1nnc(-c2cccs2)o1)[C@H](C)C(=O)c1c[nH]c2ccccc12. The quantitative estimate of drug-likeness (QED) is 0.420. The van der Waals surface area contributed by atoms with Gasteiger partial charge in [-0.15, -0.1) is 21.5 Å². The maximum Gasteiger partial charge on any atom is 0.257 e. The minimum absolute atomic E-state index is 0.0385. The summed E-state index contributed by atoms with van der Waals surface area (Å²) < 4.78 is 11.1. The zero-order valence-electron chi connectivity index (χ0n) is 16.3. The minimum Gasteiger partial charge on any atom is -0.419 e. The summed E-state index contributed by atoms with van der Waals surface area (Å²) in [7, 11) is 1.64. The Morgan fingerprint density at radius 2 is 2.14 bits per heavy atom. The molecule has 0 spiro atoms. The number of methoxy groups -OCH3 is 1. The van der Waals surface area contributed by atoms with Gasteiger partial charge in [0.2, 0.25) is 5.89 Å². The molecular weight excluding hydrogens is 388 g/mol. The van der Waals surface area contributed by atoms with E-state index >= 15 is 0 Å². The van der Waals surface area contributed by atoms with Crippen molar-refractivity contribution >= 4 is 28.0 Å². The Morgan fingerprint density at radius 3 is 2.93 bits per heavy atom. The number of rotatable bonds is 9. The number of ether oxygens (including phenoxy) is 1. The van der Waals surface area contributed by atoms with E-state index in [4.69, 9.17) is 9.15 Å². The molecule has 1 aromatic carbocycles. The lowest BCUT2D eigenvalue weighted by molar-refractivity contribution is 0.0741. The first-order valence-corrected chi connectivity index (χ1v) is 10.2. The van der Waals surface area contributed by atoms with E-state index in [0.717, 1.165) is 15.8 Å². The molecule has 0 saturated carbocycles. The second-order valence-electron chi connectivity index (χ2n) is 6.73. The Labute approximate surface area is 172 Å². The second-order valence-corrected chi connectivity index (χ2v) is 7.68. The highest BCUT2D eigenvalue weighted by Crippen LogP contribution is 2.24. The van der Waals surface area contributed by atoms with Gasteiger partial charge < -0.3 is 14.1 Å². The first kappa shape index (κ1) is 19.5. The highest BCUT2D eigenvalue weighted by Gasteiger charge is 2.26. The number of nitrogens with zero attached hydrogens (tertiary/aromatic N) is 3. The monoisotopic (exact) mass is 410 g/mol. The molecule has 0 fully saturated rings. The number of benzene rings is 1. The van der Waals surface area contributed by atoms with Crippen LogP contribution in [0.5, 0.6) is 0 Å². The number of H-pyrrole nitrogens is 1. The maximum absolute atomic E-state index is 13.2. The smallest absolute Gasteiger partial charge is 0.257 e. The number of carbonyl (C=O) groups is 1. The molecule has 0 aliphatic rings. The molecular formula is C21H22N4O3S. The van der Waals surface area contributed by atoms with Gasteiger partial charge in [-0.2, -0.15) is 0 Å². The van der Waals surface area contributed by atoms with Gasteiger partial charge in [0.25, 0.3) is 5.89 Å². The Morgan fingerprint density at radius 1 is 1.28 bits per heavy atom. The van der Waals surface area contributed by atoms with Crippen molar-refractivity contribution < 1.29 is 13.9 Å². The van der Waals surface area contributed by atoms with Crippen LogP contribution in [0.2, 0.25) is 0 Å². The average Bonchev–Trinajstić information content (AvgIpc) is 3.50. The first-order valence-electron chi connectivity index (χ1n) is 9.37. The summed E-state index contributed by atoms with van der Waals surface area (Å²) in [6, 6.07) is 11.3. The van der Waals surface area contributed by atoms with Crippen molar-refractivity contribution in [3.05, 3.63) is 59.4 Å². The Hall–Kier alpha value is -2.81. The van der Waals surface area contributed by atoms with Crippen molar-refractivity contribution in [2.24, 2.45) is 0 Å². The van der Waals surface area contributed by atoms with Gasteiger partial charge in [-0.25, -0.2) is 0 Å². The number of nitrogens with one attached hydrogen (secondary N) is 1. The lowest BCUT2D eigenvalue weighted by Crippen LogP contribution is -2.40. The van der Waals surface area contributed by atoms with E-state index in [-0.39, 0.29) is 11.8 Å². The number of thiophene rings is 1. The van der Waals surface area contributed by atoms with Crippen LogP contribution in [0.25, 0.3) is 21.7 Å². The van der Waals surface area contributed by atoms with Crippen LogP contribution in [0.4, 0.5) is 0 Å². The fourth-order valence-electron chi connectivity index (χ4n) is 3.28. The highest BCUT2D eigenvalue weighted by molar-refractivity contribution is 7.13. The van der Waals surface area contributed by atoms with E-state index in [1.54, 1.807) is 24.6 Å². The first-order chi connectivity index (χ1) is 14.2. The molecule has 0 radical (unpaired) electrons. The largest absolute Gasteiger partial charge is 0.419 e. The van der Waals surface area contributed by atoms with Crippen molar-refractivity contribution in [1.82, 2.24) is 20.1 Å². The Bertz CT molecular complexity index is 1090. The summed E-state index contributed by atoms with van der Waals surface area (Å²) in [6.07, 6.45) is 1.78. The Balaban J connectivity index is 1.55. The summed E-state index contributed by atoms with van der Waals surface area (Å²) in [5.41, 5.74) is 1.63. The van der Waals surface area contributed by atoms with E-state index < -0.39 is 0 Å². The number of hydrogen-bond donors (Lipinski definition) is 1. The molecule has 4 rings (SSSR count). The van der Waals surface area contributed by atoms with Crippen LogP contribution in [0, 0.1) is 0 Å². The third-order valence-corrected chi connectivity index (χ3v) is 5.76. The predicted octanol–water partition coefficient (Wildman–Crippen LogP) is 4.00. The average molecular weight is 410 g/mol. The van der Waals surface area contributed by atoms with Gasteiger partial charge in [0.15, 0.2) is 5.78 Å². The van der Waals surface area contributed by atoms with Gasteiger partial charge in [-0.05, 0) is 24.4 Å². The minimum atomic E-state index is -0.374. The number of aromatic amines is 1. The topological polar surface area (TPSA) is 84.2 Å². The van der Waals surface area contributed by atoms with Crippen molar-refractivity contribution in [3.63, 3.8) is 0 Å². The predicted molar refractivity (Wildman–Crippen MR) is 112 cm³/mol. The molecule has 3 aromatic heterocycles. The second kappa shape index (κ2) is 8.69. The van der Waals surface area contributed by atoms with Gasteiger partial charge >= 0.3 is 0 Å². The Kier molecular flexibility index (Phi) is 5.84. The fourth-order valence-corrected chi connectivity index (χ4v) is 3.92.